The molecule has 5 heteroatoms. The van der Waals surface area contributed by atoms with Gasteiger partial charge in [-0.3, -0.25) is 4.68 Å². The fraction of sp³-hybridized carbons (Fsp3) is 0.308. The van der Waals surface area contributed by atoms with Gasteiger partial charge < -0.3 is 5.32 Å². The van der Waals surface area contributed by atoms with Crippen molar-refractivity contribution < 1.29 is 0 Å². The number of nitrogens with one attached hydrogen (secondary N) is 1. The highest BCUT2D eigenvalue weighted by atomic mass is 15.3. The van der Waals surface area contributed by atoms with Gasteiger partial charge in [-0.05, 0) is 31.5 Å². The molecular weight excluding hydrogens is 226 g/mol. The van der Waals surface area contributed by atoms with Crippen molar-refractivity contribution >= 4 is 5.82 Å². The summed E-state index contributed by atoms with van der Waals surface area (Å²) in [6, 6.07) is 5.82. The number of aryl methyl sites for hydroxylation is 1. The molecule has 0 amide bonds. The lowest BCUT2D eigenvalue weighted by Gasteiger charge is -2.14. The summed E-state index contributed by atoms with van der Waals surface area (Å²) in [7, 11) is 0. The van der Waals surface area contributed by atoms with Crippen LogP contribution in [0, 0.1) is 18.3 Å². The summed E-state index contributed by atoms with van der Waals surface area (Å²) in [5.74, 6) is 0.621. The topological polar surface area (TPSA) is 66.5 Å². The van der Waals surface area contributed by atoms with Crippen molar-refractivity contribution in [1.29, 1.82) is 5.26 Å². The molecule has 18 heavy (non-hydrogen) atoms. The Balaban J connectivity index is 2.02. The number of hydrogen-bond acceptors (Lipinski definition) is 4. The number of hydrogen-bond donors (Lipinski definition) is 1. The minimum Gasteiger partial charge on any atom is -0.367 e. The molecule has 0 saturated heterocycles. The van der Waals surface area contributed by atoms with Crippen LogP contribution in [0.4, 0.5) is 5.82 Å². The first-order valence-corrected chi connectivity index (χ1v) is 5.80. The number of nitriles is 1. The Hall–Kier alpha value is -2.35. The third-order valence-corrected chi connectivity index (χ3v) is 2.68. The molecule has 0 bridgehead atoms. The Morgan fingerprint density at radius 1 is 1.56 bits per heavy atom. The second-order valence-electron chi connectivity index (χ2n) is 4.24. The van der Waals surface area contributed by atoms with E-state index in [9.17, 15) is 0 Å². The summed E-state index contributed by atoms with van der Waals surface area (Å²) in [5, 5.41) is 16.4. The molecule has 2 aromatic rings. The number of anilines is 1. The van der Waals surface area contributed by atoms with Gasteiger partial charge in [0.15, 0.2) is 0 Å². The van der Waals surface area contributed by atoms with Crippen molar-refractivity contribution in [1.82, 2.24) is 14.8 Å². The van der Waals surface area contributed by atoms with Gasteiger partial charge >= 0.3 is 0 Å². The van der Waals surface area contributed by atoms with Crippen molar-refractivity contribution in [2.24, 2.45) is 0 Å². The SMILES string of the molecule is Cc1cnn([C@@H](C)CNc2ncccc2C#N)c1. The quantitative estimate of drug-likeness (QED) is 0.890. The van der Waals surface area contributed by atoms with E-state index in [4.69, 9.17) is 5.26 Å². The molecular formula is C13H15N5. The maximum atomic E-state index is 8.96. The van der Waals surface area contributed by atoms with Crippen LogP contribution in [0.15, 0.2) is 30.7 Å². The lowest BCUT2D eigenvalue weighted by Crippen LogP contribution is -2.17. The highest BCUT2D eigenvalue weighted by Gasteiger charge is 2.07. The molecule has 0 aliphatic rings. The van der Waals surface area contributed by atoms with Crippen molar-refractivity contribution in [2.45, 2.75) is 19.9 Å². The molecule has 0 spiro atoms. The van der Waals surface area contributed by atoms with E-state index >= 15 is 0 Å². The highest BCUT2D eigenvalue weighted by Crippen LogP contribution is 2.12. The Morgan fingerprint density at radius 2 is 2.39 bits per heavy atom. The summed E-state index contributed by atoms with van der Waals surface area (Å²) in [6.07, 6.45) is 5.50. The second kappa shape index (κ2) is 5.32. The van der Waals surface area contributed by atoms with E-state index in [-0.39, 0.29) is 6.04 Å². The zero-order valence-electron chi connectivity index (χ0n) is 10.5. The van der Waals surface area contributed by atoms with E-state index in [1.807, 2.05) is 24.0 Å². The molecule has 1 N–H and O–H groups in total. The van der Waals surface area contributed by atoms with Crippen LogP contribution in [-0.4, -0.2) is 21.3 Å². The Kier molecular flexibility index (Phi) is 3.58. The third-order valence-electron chi connectivity index (χ3n) is 2.68. The zero-order valence-corrected chi connectivity index (χ0v) is 10.5. The van der Waals surface area contributed by atoms with E-state index < -0.39 is 0 Å². The summed E-state index contributed by atoms with van der Waals surface area (Å²) < 4.78 is 1.90. The Morgan fingerprint density at radius 3 is 3.06 bits per heavy atom. The number of rotatable bonds is 4. The van der Waals surface area contributed by atoms with Crippen LogP contribution < -0.4 is 5.32 Å². The van der Waals surface area contributed by atoms with Crippen LogP contribution in [0.1, 0.15) is 24.1 Å². The van der Waals surface area contributed by atoms with E-state index in [0.29, 0.717) is 17.9 Å². The first-order valence-electron chi connectivity index (χ1n) is 5.80. The second-order valence-corrected chi connectivity index (χ2v) is 4.24. The highest BCUT2D eigenvalue weighted by molar-refractivity contribution is 5.51. The van der Waals surface area contributed by atoms with Crippen LogP contribution in [0.2, 0.25) is 0 Å². The zero-order chi connectivity index (χ0) is 13.0. The average molecular weight is 241 g/mol. The van der Waals surface area contributed by atoms with E-state index in [1.54, 1.807) is 18.3 Å². The fourth-order valence-corrected chi connectivity index (χ4v) is 1.65. The van der Waals surface area contributed by atoms with Gasteiger partial charge in [0.05, 0.1) is 17.8 Å². The first kappa shape index (κ1) is 12.1. The molecule has 2 rings (SSSR count). The van der Waals surface area contributed by atoms with Crippen molar-refractivity contribution in [2.75, 3.05) is 11.9 Å². The lowest BCUT2D eigenvalue weighted by atomic mass is 10.2. The summed E-state index contributed by atoms with van der Waals surface area (Å²) in [4.78, 5) is 4.16. The normalized spacial score (nSPS) is 11.8. The third kappa shape index (κ3) is 2.66. The number of pyridine rings is 1. The van der Waals surface area contributed by atoms with Gasteiger partial charge in [0.2, 0.25) is 0 Å². The molecule has 0 aromatic carbocycles. The van der Waals surface area contributed by atoms with Crippen LogP contribution in [0.25, 0.3) is 0 Å². The van der Waals surface area contributed by atoms with Gasteiger partial charge in [-0.25, -0.2) is 4.98 Å². The maximum absolute atomic E-state index is 8.96. The van der Waals surface area contributed by atoms with Gasteiger partial charge in [0.1, 0.15) is 11.9 Å². The smallest absolute Gasteiger partial charge is 0.143 e. The van der Waals surface area contributed by atoms with E-state index in [0.717, 1.165) is 5.56 Å². The molecule has 0 saturated carbocycles. The predicted octanol–water partition coefficient (Wildman–Crippen LogP) is 2.13. The molecule has 0 fully saturated rings. The Labute approximate surface area is 106 Å². The minimum absolute atomic E-state index is 0.201. The van der Waals surface area contributed by atoms with Crippen molar-refractivity contribution in [3.8, 4) is 6.07 Å². The molecule has 5 nitrogen and oxygen atoms in total. The molecule has 1 atom stereocenters. The molecule has 0 unspecified atom stereocenters. The van der Waals surface area contributed by atoms with Gasteiger partial charge in [0.25, 0.3) is 0 Å². The van der Waals surface area contributed by atoms with Gasteiger partial charge in [-0.15, -0.1) is 0 Å². The first-order chi connectivity index (χ1) is 8.70. The standard InChI is InChI=1S/C13H15N5/c1-10-7-17-18(9-10)11(2)8-16-13-12(6-14)4-3-5-15-13/h3-5,7,9,11H,8H2,1-2H3,(H,15,16)/t11-/m0/s1. The molecule has 0 radical (unpaired) electrons. The predicted molar refractivity (Wildman–Crippen MR) is 69.1 cm³/mol. The monoisotopic (exact) mass is 241 g/mol. The number of nitrogens with zero attached hydrogens (tertiary/aromatic N) is 4. The maximum Gasteiger partial charge on any atom is 0.143 e. The fourth-order valence-electron chi connectivity index (χ4n) is 1.65. The van der Waals surface area contributed by atoms with E-state index in [1.165, 1.54) is 0 Å². The van der Waals surface area contributed by atoms with Crippen LogP contribution in [0.3, 0.4) is 0 Å². The van der Waals surface area contributed by atoms with Gasteiger partial charge in [-0.1, -0.05) is 0 Å². The van der Waals surface area contributed by atoms with Crippen LogP contribution in [-0.2, 0) is 0 Å². The summed E-state index contributed by atoms with van der Waals surface area (Å²) in [6.45, 7) is 4.75. The van der Waals surface area contributed by atoms with E-state index in [2.05, 4.69) is 28.4 Å². The number of aromatic nitrogens is 3. The van der Waals surface area contributed by atoms with Gasteiger partial charge in [0, 0.05) is 18.9 Å². The van der Waals surface area contributed by atoms with Crippen molar-refractivity contribution in [3.63, 3.8) is 0 Å². The Bertz CT molecular complexity index is 567. The molecule has 0 aliphatic heterocycles. The van der Waals surface area contributed by atoms with Crippen molar-refractivity contribution in [3.05, 3.63) is 41.9 Å². The average Bonchev–Trinajstić information content (AvgIpc) is 2.83. The minimum atomic E-state index is 0.201. The molecule has 2 heterocycles. The summed E-state index contributed by atoms with van der Waals surface area (Å²) >= 11 is 0. The molecule has 2 aromatic heterocycles. The largest absolute Gasteiger partial charge is 0.367 e. The van der Waals surface area contributed by atoms with Gasteiger partial charge in [-0.2, -0.15) is 10.4 Å². The van der Waals surface area contributed by atoms with Crippen LogP contribution >= 0.6 is 0 Å². The summed E-state index contributed by atoms with van der Waals surface area (Å²) in [5.41, 5.74) is 1.69. The van der Waals surface area contributed by atoms with Crippen LogP contribution in [0.5, 0.6) is 0 Å². The molecule has 92 valence electrons. The molecule has 0 aliphatic carbocycles. The lowest BCUT2D eigenvalue weighted by molar-refractivity contribution is 0.511.